The molecule has 0 spiro atoms. The molecular formula is C15H8Cl2N2O4S. The molecule has 9 heteroatoms. The summed E-state index contributed by atoms with van der Waals surface area (Å²) in [5.74, 6) is 0. The zero-order valence-corrected chi connectivity index (χ0v) is 14.1. The van der Waals surface area contributed by atoms with E-state index in [0.717, 1.165) is 12.1 Å². The van der Waals surface area contributed by atoms with Gasteiger partial charge in [0.05, 0.1) is 25.7 Å². The van der Waals surface area contributed by atoms with Crippen molar-refractivity contribution in [2.45, 2.75) is 9.79 Å². The van der Waals surface area contributed by atoms with Gasteiger partial charge in [0, 0.05) is 11.2 Å². The minimum Gasteiger partial charge on any atom is -0.258 e. The third-order valence-electron chi connectivity index (χ3n) is 3.37. The lowest BCUT2D eigenvalue weighted by molar-refractivity contribution is -0.386. The number of rotatable bonds is 3. The van der Waals surface area contributed by atoms with Crippen molar-refractivity contribution in [3.8, 4) is 0 Å². The second-order valence-electron chi connectivity index (χ2n) is 4.82. The molecule has 0 unspecified atom stereocenters. The van der Waals surface area contributed by atoms with Crippen LogP contribution in [-0.4, -0.2) is 18.3 Å². The average molecular weight is 383 g/mol. The third kappa shape index (κ3) is 2.71. The second kappa shape index (κ2) is 6.01. The van der Waals surface area contributed by atoms with Gasteiger partial charge in [0.1, 0.15) is 4.90 Å². The summed E-state index contributed by atoms with van der Waals surface area (Å²) >= 11 is 11.8. The topological polar surface area (TPSA) is 90.2 Å². The molecule has 0 fully saturated rings. The fraction of sp³-hybridized carbons (Fsp3) is 0. The summed E-state index contributed by atoms with van der Waals surface area (Å²) in [6.07, 6.45) is 1.47. The molecule has 122 valence electrons. The summed E-state index contributed by atoms with van der Waals surface area (Å²) < 4.78 is 25.8. The zero-order chi connectivity index (χ0) is 17.5. The number of fused-ring (bicyclic) bond motifs is 1. The zero-order valence-electron chi connectivity index (χ0n) is 11.8. The molecule has 0 atom stereocenters. The van der Waals surface area contributed by atoms with Gasteiger partial charge in [-0.1, -0.05) is 23.2 Å². The standard InChI is InChI=1S/C15H8Cl2N2O4S/c16-9-3-4-11(17)14(8-9)24(22,23)13-6-5-12-10(2-1-7-18-12)15(13)19(20)21/h1-8H. The van der Waals surface area contributed by atoms with Crippen molar-refractivity contribution in [3.63, 3.8) is 0 Å². The van der Waals surface area contributed by atoms with E-state index in [1.807, 2.05) is 0 Å². The molecule has 0 radical (unpaired) electrons. The Hall–Kier alpha value is -2.22. The van der Waals surface area contributed by atoms with Crippen LogP contribution >= 0.6 is 23.2 Å². The average Bonchev–Trinajstić information content (AvgIpc) is 2.55. The fourth-order valence-corrected chi connectivity index (χ4v) is 4.51. The third-order valence-corrected chi connectivity index (χ3v) is 5.88. The van der Waals surface area contributed by atoms with E-state index in [0.29, 0.717) is 5.52 Å². The molecule has 0 amide bonds. The largest absolute Gasteiger partial charge is 0.297 e. The highest BCUT2D eigenvalue weighted by Gasteiger charge is 2.31. The van der Waals surface area contributed by atoms with Crippen molar-refractivity contribution in [3.05, 3.63) is 68.8 Å². The number of nitro groups is 1. The first kappa shape index (κ1) is 16.6. The first-order valence-corrected chi connectivity index (χ1v) is 8.78. The van der Waals surface area contributed by atoms with Crippen LogP contribution in [0.5, 0.6) is 0 Å². The van der Waals surface area contributed by atoms with Gasteiger partial charge in [-0.25, -0.2) is 8.42 Å². The number of benzene rings is 2. The van der Waals surface area contributed by atoms with Gasteiger partial charge in [0.25, 0.3) is 5.69 Å². The van der Waals surface area contributed by atoms with Gasteiger partial charge in [-0.2, -0.15) is 0 Å². The van der Waals surface area contributed by atoms with Crippen LogP contribution in [0.3, 0.4) is 0 Å². The Morgan fingerprint density at radius 2 is 1.79 bits per heavy atom. The van der Waals surface area contributed by atoms with Gasteiger partial charge < -0.3 is 0 Å². The van der Waals surface area contributed by atoms with E-state index < -0.39 is 25.3 Å². The SMILES string of the molecule is O=[N+]([O-])c1c(S(=O)(=O)c2cc(Cl)ccc2Cl)ccc2ncccc12. The first-order chi connectivity index (χ1) is 11.3. The Kier molecular flexibility index (Phi) is 4.16. The van der Waals surface area contributed by atoms with Gasteiger partial charge in [-0.15, -0.1) is 0 Å². The van der Waals surface area contributed by atoms with E-state index in [1.54, 1.807) is 0 Å². The molecule has 0 bridgehead atoms. The van der Waals surface area contributed by atoms with Crippen LogP contribution in [0.25, 0.3) is 10.9 Å². The highest BCUT2D eigenvalue weighted by Crippen LogP contribution is 2.37. The van der Waals surface area contributed by atoms with Crippen LogP contribution in [0.1, 0.15) is 0 Å². The molecule has 3 rings (SSSR count). The van der Waals surface area contributed by atoms with Crippen molar-refractivity contribution in [2.24, 2.45) is 0 Å². The van der Waals surface area contributed by atoms with Crippen LogP contribution in [0.15, 0.2) is 58.5 Å². The van der Waals surface area contributed by atoms with Crippen LogP contribution in [0.2, 0.25) is 10.0 Å². The predicted octanol–water partition coefficient (Wildman–Crippen LogP) is 4.28. The maximum Gasteiger partial charge on any atom is 0.297 e. The monoisotopic (exact) mass is 382 g/mol. The first-order valence-electron chi connectivity index (χ1n) is 6.54. The number of sulfone groups is 1. The van der Waals surface area contributed by atoms with Crippen LogP contribution in [0, 0.1) is 10.1 Å². The number of nitrogens with zero attached hydrogens (tertiary/aromatic N) is 2. The predicted molar refractivity (Wildman–Crippen MR) is 90.3 cm³/mol. The van der Waals surface area contributed by atoms with E-state index in [4.69, 9.17) is 23.2 Å². The van der Waals surface area contributed by atoms with Crippen molar-refractivity contribution < 1.29 is 13.3 Å². The van der Waals surface area contributed by atoms with Crippen molar-refractivity contribution >= 4 is 49.6 Å². The van der Waals surface area contributed by atoms with Gasteiger partial charge in [0.2, 0.25) is 9.84 Å². The Balaban J connectivity index is 2.39. The van der Waals surface area contributed by atoms with Gasteiger partial charge in [-0.05, 0) is 42.5 Å². The number of hydrogen-bond acceptors (Lipinski definition) is 5. The van der Waals surface area contributed by atoms with E-state index in [2.05, 4.69) is 4.98 Å². The molecule has 0 saturated carbocycles. The molecule has 1 aromatic heterocycles. The second-order valence-corrected chi connectivity index (χ2v) is 7.55. The molecule has 0 N–H and O–H groups in total. The number of pyridine rings is 1. The van der Waals surface area contributed by atoms with E-state index in [9.17, 15) is 18.5 Å². The van der Waals surface area contributed by atoms with Gasteiger partial charge in [0.15, 0.2) is 0 Å². The maximum absolute atomic E-state index is 12.9. The Morgan fingerprint density at radius 1 is 1.04 bits per heavy atom. The smallest absolute Gasteiger partial charge is 0.258 e. The van der Waals surface area contributed by atoms with Crippen molar-refractivity contribution in [1.29, 1.82) is 0 Å². The molecule has 0 aliphatic heterocycles. The molecule has 0 aliphatic rings. The summed E-state index contributed by atoms with van der Waals surface area (Å²) in [6.45, 7) is 0. The lowest BCUT2D eigenvalue weighted by Crippen LogP contribution is -2.07. The fourth-order valence-electron chi connectivity index (χ4n) is 2.32. The number of nitro benzene ring substituents is 1. The Labute approximate surface area is 146 Å². The highest BCUT2D eigenvalue weighted by atomic mass is 35.5. The summed E-state index contributed by atoms with van der Waals surface area (Å²) in [7, 11) is -4.25. The molecule has 2 aromatic carbocycles. The normalized spacial score (nSPS) is 11.6. The molecule has 6 nitrogen and oxygen atoms in total. The lowest BCUT2D eigenvalue weighted by Gasteiger charge is -2.09. The molecule has 0 saturated heterocycles. The molecular weight excluding hydrogens is 375 g/mol. The highest BCUT2D eigenvalue weighted by molar-refractivity contribution is 7.91. The number of aromatic nitrogens is 1. The lowest BCUT2D eigenvalue weighted by atomic mass is 10.2. The summed E-state index contributed by atoms with van der Waals surface area (Å²) in [5.41, 5.74) is -0.225. The van der Waals surface area contributed by atoms with E-state index in [1.165, 1.54) is 36.5 Å². The van der Waals surface area contributed by atoms with Crippen LogP contribution in [0.4, 0.5) is 5.69 Å². The van der Waals surface area contributed by atoms with Crippen molar-refractivity contribution in [2.75, 3.05) is 0 Å². The number of hydrogen-bond donors (Lipinski definition) is 0. The molecule has 0 aliphatic carbocycles. The van der Waals surface area contributed by atoms with E-state index >= 15 is 0 Å². The Bertz CT molecular complexity index is 1080. The Morgan fingerprint density at radius 3 is 2.50 bits per heavy atom. The molecule has 1 heterocycles. The summed E-state index contributed by atoms with van der Waals surface area (Å²) in [4.78, 5) is 14.0. The van der Waals surface area contributed by atoms with Crippen molar-refractivity contribution in [1.82, 2.24) is 4.98 Å². The maximum atomic E-state index is 12.9. The molecule has 24 heavy (non-hydrogen) atoms. The summed E-state index contributed by atoms with van der Waals surface area (Å²) in [5, 5.41) is 11.7. The van der Waals surface area contributed by atoms with Gasteiger partial charge >= 0.3 is 0 Å². The van der Waals surface area contributed by atoms with E-state index in [-0.39, 0.29) is 20.3 Å². The van der Waals surface area contributed by atoms with Crippen LogP contribution < -0.4 is 0 Å². The number of halogens is 2. The molecule has 3 aromatic rings. The quantitative estimate of drug-likeness (QED) is 0.497. The minimum absolute atomic E-state index is 0.0695. The minimum atomic E-state index is -4.25. The van der Waals surface area contributed by atoms with Gasteiger partial charge in [-0.3, -0.25) is 15.1 Å². The summed E-state index contributed by atoms with van der Waals surface area (Å²) in [6, 6.07) is 9.42. The van der Waals surface area contributed by atoms with Crippen LogP contribution in [-0.2, 0) is 9.84 Å².